The average molecular weight is 626 g/mol. The third kappa shape index (κ3) is 5.84. The van der Waals surface area contributed by atoms with Crippen molar-refractivity contribution in [3.63, 3.8) is 0 Å². The molecule has 4 aromatic rings. The highest BCUT2D eigenvalue weighted by Gasteiger charge is 2.66. The first-order valence-electron chi connectivity index (χ1n) is 15.4. The van der Waals surface area contributed by atoms with Gasteiger partial charge < -0.3 is 24.9 Å². The molecule has 2 aliphatic rings. The molecule has 45 heavy (non-hydrogen) atoms. The molecule has 3 aromatic carbocycles. The summed E-state index contributed by atoms with van der Waals surface area (Å²) in [6, 6.07) is 24.3. The van der Waals surface area contributed by atoms with Gasteiger partial charge in [0.25, 0.3) is 11.8 Å². The number of aliphatic hydroxyl groups excluding tert-OH is 1. The normalized spacial score (nSPS) is 22.6. The number of aliphatic hydroxyl groups is 1. The number of hydrogen-bond donors (Lipinski definition) is 3. The van der Waals surface area contributed by atoms with Gasteiger partial charge >= 0.3 is 0 Å². The van der Waals surface area contributed by atoms with Crippen LogP contribution in [-0.4, -0.2) is 57.7 Å². The Labute approximate surface area is 263 Å². The number of amides is 2. The maximum atomic E-state index is 14.6. The molecule has 11 heteroatoms. The third-order valence-electron chi connectivity index (χ3n) is 9.08. The van der Waals surface area contributed by atoms with E-state index in [-0.39, 0.29) is 36.0 Å². The van der Waals surface area contributed by atoms with Crippen LogP contribution in [0.2, 0.25) is 18.6 Å². The molecule has 10 nitrogen and oxygen atoms in total. The van der Waals surface area contributed by atoms with E-state index in [0.29, 0.717) is 42.9 Å². The van der Waals surface area contributed by atoms with Crippen LogP contribution < -0.4 is 10.2 Å². The topological polar surface area (TPSA) is 130 Å². The van der Waals surface area contributed by atoms with Crippen LogP contribution in [0.15, 0.2) is 85.1 Å². The van der Waals surface area contributed by atoms with E-state index in [1.807, 2.05) is 92.9 Å². The number of aromatic nitrogens is 3. The van der Waals surface area contributed by atoms with E-state index in [0.717, 1.165) is 16.8 Å². The quantitative estimate of drug-likeness (QED) is 0.221. The molecule has 3 heterocycles. The van der Waals surface area contributed by atoms with Gasteiger partial charge in [0.15, 0.2) is 13.9 Å². The maximum Gasteiger partial charge on any atom is 0.264 e. The second-order valence-corrected chi connectivity index (χ2v) is 16.5. The van der Waals surface area contributed by atoms with Gasteiger partial charge in [-0.3, -0.25) is 14.3 Å². The summed E-state index contributed by atoms with van der Waals surface area (Å²) in [6.45, 7) is 6.72. The van der Waals surface area contributed by atoms with Crippen LogP contribution in [0.5, 0.6) is 0 Å². The lowest BCUT2D eigenvalue weighted by Crippen LogP contribution is -2.46. The van der Waals surface area contributed by atoms with Crippen LogP contribution in [0.1, 0.15) is 40.5 Å². The highest BCUT2D eigenvalue weighted by Crippen LogP contribution is 2.59. The molecule has 0 radical (unpaired) electrons. The Morgan fingerprint density at radius 1 is 1.04 bits per heavy atom. The minimum atomic E-state index is -2.79. The van der Waals surface area contributed by atoms with E-state index in [2.05, 4.69) is 15.6 Å². The number of nitrogens with one attached hydrogen (secondary N) is 1. The molecule has 3 N–H and O–H groups in total. The van der Waals surface area contributed by atoms with Crippen molar-refractivity contribution in [2.24, 2.45) is 5.92 Å². The number of benzene rings is 3. The Kier molecular flexibility index (Phi) is 8.44. The highest BCUT2D eigenvalue weighted by molar-refractivity contribution is 6.71. The van der Waals surface area contributed by atoms with Crippen molar-refractivity contribution in [3.8, 4) is 0 Å². The molecular weight excluding hydrogens is 586 g/mol. The summed E-state index contributed by atoms with van der Waals surface area (Å²) < 4.78 is 8.62. The first-order chi connectivity index (χ1) is 21.6. The van der Waals surface area contributed by atoms with Gasteiger partial charge in [-0.1, -0.05) is 60.7 Å². The van der Waals surface area contributed by atoms with E-state index in [1.54, 1.807) is 21.7 Å². The Morgan fingerprint density at radius 2 is 1.76 bits per heavy atom. The number of aryl methyl sites for hydroxylation is 1. The molecule has 2 aliphatic heterocycles. The Balaban J connectivity index is 1.24. The number of para-hydroxylation sites is 1. The predicted molar refractivity (Wildman–Crippen MR) is 173 cm³/mol. The lowest BCUT2D eigenvalue weighted by Gasteiger charge is -2.32. The zero-order valence-electron chi connectivity index (χ0n) is 25.8. The second kappa shape index (κ2) is 12.3. The fourth-order valence-corrected chi connectivity index (χ4v) is 9.67. The van der Waals surface area contributed by atoms with Gasteiger partial charge in [-0.25, -0.2) is 0 Å². The second-order valence-electron chi connectivity index (χ2n) is 12.5. The van der Waals surface area contributed by atoms with Gasteiger partial charge in [0.05, 0.1) is 24.0 Å². The number of hydrogen-bond acceptors (Lipinski definition) is 7. The minimum absolute atomic E-state index is 0.00380. The van der Waals surface area contributed by atoms with Crippen LogP contribution in [0.25, 0.3) is 0 Å². The summed E-state index contributed by atoms with van der Waals surface area (Å²) in [4.78, 5) is 40.5. The molecule has 2 amide bonds. The van der Waals surface area contributed by atoms with Gasteiger partial charge in [0.1, 0.15) is 0 Å². The Morgan fingerprint density at radius 3 is 2.47 bits per heavy atom. The van der Waals surface area contributed by atoms with Crippen LogP contribution in [0.3, 0.4) is 0 Å². The van der Waals surface area contributed by atoms with Gasteiger partial charge in [-0.05, 0) is 55.4 Å². The Bertz CT molecular complexity index is 1670. The van der Waals surface area contributed by atoms with Gasteiger partial charge in [0, 0.05) is 54.0 Å². The fraction of sp³-hybridized carbons (Fsp3) is 0.353. The van der Waals surface area contributed by atoms with Crippen molar-refractivity contribution in [2.45, 2.75) is 63.2 Å². The van der Waals surface area contributed by atoms with E-state index < -0.39 is 13.9 Å². The summed E-state index contributed by atoms with van der Waals surface area (Å²) in [5.74, 6) is -0.575. The molecule has 234 valence electrons. The number of nitrogens with zero attached hydrogens (tertiary/aromatic N) is 4. The van der Waals surface area contributed by atoms with Crippen molar-refractivity contribution < 1.29 is 24.2 Å². The van der Waals surface area contributed by atoms with E-state index in [1.165, 1.54) is 0 Å². The Hall–Kier alpha value is -4.16. The van der Waals surface area contributed by atoms with Crippen LogP contribution in [-0.2, 0) is 34.6 Å². The summed E-state index contributed by atoms with van der Waals surface area (Å²) >= 11 is 0. The van der Waals surface area contributed by atoms with Crippen LogP contribution >= 0.6 is 0 Å². The molecule has 0 unspecified atom stereocenters. The highest BCUT2D eigenvalue weighted by atomic mass is 28.4. The van der Waals surface area contributed by atoms with Crippen LogP contribution in [0, 0.1) is 5.92 Å². The standard InChI is InChI=1S/C34H39N5O5Si/c1-23-31(45(2,3)43)30(17-19-38-22-27(18-20-40)36-37-38)44-34(23)28-11-7-8-12-29(28)39(33(34)42)21-24-13-15-26(16-14-24)35-32(41)25-9-5-4-6-10-25/h4-16,22-23,30-31,40,43H,17-21H2,1-3H3,(H,35,41)/t23-,30+,31-,34+/m0/s1. The van der Waals surface area contributed by atoms with Crippen molar-refractivity contribution in [3.05, 3.63) is 107 Å². The first-order valence-corrected chi connectivity index (χ1v) is 18.4. The summed E-state index contributed by atoms with van der Waals surface area (Å²) in [5.41, 5.74) is 3.09. The zero-order valence-corrected chi connectivity index (χ0v) is 26.8. The number of anilines is 2. The van der Waals surface area contributed by atoms with Gasteiger partial charge in [-0.15, -0.1) is 5.10 Å². The number of fused-ring (bicyclic) bond motifs is 2. The molecule has 0 saturated carbocycles. The molecule has 1 saturated heterocycles. The number of carbonyl (C=O) groups excluding carboxylic acids is 2. The maximum absolute atomic E-state index is 14.6. The van der Waals surface area contributed by atoms with Gasteiger partial charge in [0.2, 0.25) is 0 Å². The minimum Gasteiger partial charge on any atom is -0.432 e. The monoisotopic (exact) mass is 625 g/mol. The van der Waals surface area contributed by atoms with Crippen LogP contribution in [0.4, 0.5) is 11.4 Å². The molecule has 0 aliphatic carbocycles. The molecule has 1 fully saturated rings. The van der Waals surface area contributed by atoms with Crippen molar-refractivity contribution in [1.29, 1.82) is 0 Å². The molecule has 1 spiro atoms. The van der Waals surface area contributed by atoms with Crippen molar-refractivity contribution >= 4 is 31.5 Å². The van der Waals surface area contributed by atoms with E-state index in [9.17, 15) is 19.5 Å². The zero-order chi connectivity index (χ0) is 31.8. The lowest BCUT2D eigenvalue weighted by molar-refractivity contribution is -0.146. The summed E-state index contributed by atoms with van der Waals surface area (Å²) in [7, 11) is -2.79. The van der Waals surface area contributed by atoms with Crippen molar-refractivity contribution in [1.82, 2.24) is 15.0 Å². The fourth-order valence-electron chi connectivity index (χ4n) is 7.06. The van der Waals surface area contributed by atoms with E-state index in [4.69, 9.17) is 4.74 Å². The summed E-state index contributed by atoms with van der Waals surface area (Å²) in [6.07, 6.45) is 2.45. The number of rotatable bonds is 10. The predicted octanol–water partition coefficient (Wildman–Crippen LogP) is 4.50. The lowest BCUT2D eigenvalue weighted by atomic mass is 9.82. The average Bonchev–Trinajstić information content (AvgIpc) is 3.67. The smallest absolute Gasteiger partial charge is 0.264 e. The summed E-state index contributed by atoms with van der Waals surface area (Å²) in [5, 5.41) is 20.5. The number of carbonyl (C=O) groups is 2. The number of ether oxygens (including phenoxy) is 1. The SMILES string of the molecule is C[C@H]1[C@H]([Si](C)(C)O)[C@@H](CCn2cc(CCO)nn2)O[C@]12C(=O)N(Cc1ccc(NC(=O)c3ccccc3)cc1)c1ccccc12. The van der Waals surface area contributed by atoms with E-state index >= 15 is 0 Å². The van der Waals surface area contributed by atoms with Crippen molar-refractivity contribution in [2.75, 3.05) is 16.8 Å². The van der Waals surface area contributed by atoms with Gasteiger partial charge in [-0.2, -0.15) is 0 Å². The first kappa shape index (κ1) is 30.8. The largest absolute Gasteiger partial charge is 0.432 e. The molecule has 1 aromatic heterocycles. The molecular formula is C34H39N5O5Si. The molecule has 4 atom stereocenters. The molecule has 0 bridgehead atoms. The third-order valence-corrected chi connectivity index (χ3v) is 11.6. The molecule has 6 rings (SSSR count).